The molecule has 2 N–H and O–H groups in total. The number of anilines is 1. The van der Waals surface area contributed by atoms with Crippen LogP contribution in [0.5, 0.6) is 0 Å². The lowest BCUT2D eigenvalue weighted by atomic mass is 10.2. The van der Waals surface area contributed by atoms with Crippen LogP contribution in [-0.4, -0.2) is 63.7 Å². The molecule has 0 spiro atoms. The van der Waals surface area contributed by atoms with Crippen molar-refractivity contribution in [3.8, 4) is 0 Å². The topological polar surface area (TPSA) is 89.8 Å². The molecule has 1 atom stereocenters. The van der Waals surface area contributed by atoms with Crippen molar-refractivity contribution in [2.75, 3.05) is 31.1 Å². The Bertz CT molecular complexity index is 386. The molecule has 0 aromatic carbocycles. The normalized spacial score (nSPS) is 20.4. The molecule has 2 rings (SSSR count). The maximum Gasteiger partial charge on any atom is 0.407 e. The lowest BCUT2D eigenvalue weighted by Gasteiger charge is -2.39. The zero-order chi connectivity index (χ0) is 12.3. The molecule has 7 heteroatoms. The molecule has 1 aromatic heterocycles. The van der Waals surface area contributed by atoms with E-state index in [-0.39, 0.29) is 19.2 Å². The van der Waals surface area contributed by atoms with Crippen LogP contribution in [0.2, 0.25) is 0 Å². The number of nitrogens with zero attached hydrogens (tertiary/aromatic N) is 4. The van der Waals surface area contributed by atoms with E-state index in [9.17, 15) is 9.90 Å². The number of aliphatic hydroxyl groups excluding tert-OH is 1. The zero-order valence-electron chi connectivity index (χ0n) is 9.23. The van der Waals surface area contributed by atoms with Crippen molar-refractivity contribution >= 4 is 11.9 Å². The predicted molar refractivity (Wildman–Crippen MR) is 59.8 cm³/mol. The van der Waals surface area contributed by atoms with Crippen LogP contribution in [-0.2, 0) is 0 Å². The molecule has 1 aliphatic rings. The molecule has 2 heterocycles. The van der Waals surface area contributed by atoms with Crippen molar-refractivity contribution in [2.24, 2.45) is 0 Å². The van der Waals surface area contributed by atoms with Crippen molar-refractivity contribution in [3.05, 3.63) is 18.3 Å². The molecule has 0 aliphatic carbocycles. The molecule has 0 radical (unpaired) electrons. The smallest absolute Gasteiger partial charge is 0.407 e. The number of aromatic nitrogens is 2. The first-order valence-corrected chi connectivity index (χ1v) is 5.35. The second-order valence-electron chi connectivity index (χ2n) is 3.84. The van der Waals surface area contributed by atoms with E-state index in [1.54, 1.807) is 18.3 Å². The van der Waals surface area contributed by atoms with Crippen LogP contribution in [0.4, 0.5) is 10.6 Å². The van der Waals surface area contributed by atoms with E-state index in [0.29, 0.717) is 18.9 Å². The van der Waals surface area contributed by atoms with Crippen LogP contribution < -0.4 is 4.90 Å². The highest BCUT2D eigenvalue weighted by Crippen LogP contribution is 2.17. The van der Waals surface area contributed by atoms with Gasteiger partial charge in [0.2, 0.25) is 0 Å². The second-order valence-corrected chi connectivity index (χ2v) is 3.84. The molecule has 7 nitrogen and oxygen atoms in total. The summed E-state index contributed by atoms with van der Waals surface area (Å²) in [5, 5.41) is 26.0. The van der Waals surface area contributed by atoms with Gasteiger partial charge >= 0.3 is 6.09 Å². The maximum atomic E-state index is 10.9. The number of aliphatic hydroxyl groups is 1. The molecule has 1 aromatic rings. The maximum absolute atomic E-state index is 10.9. The Kier molecular flexibility index (Phi) is 3.38. The second kappa shape index (κ2) is 4.96. The Balaban J connectivity index is 2.12. The molecule has 0 bridgehead atoms. The molecule has 0 saturated carbocycles. The van der Waals surface area contributed by atoms with Gasteiger partial charge in [-0.2, -0.15) is 5.10 Å². The molecule has 1 fully saturated rings. The number of rotatable bonds is 2. The summed E-state index contributed by atoms with van der Waals surface area (Å²) in [5.74, 6) is 0.664. The Morgan fingerprint density at radius 3 is 2.94 bits per heavy atom. The third-order valence-corrected chi connectivity index (χ3v) is 2.82. The highest BCUT2D eigenvalue weighted by molar-refractivity contribution is 5.65. The van der Waals surface area contributed by atoms with E-state index in [1.807, 2.05) is 4.90 Å². The number of carbonyl (C=O) groups is 1. The summed E-state index contributed by atoms with van der Waals surface area (Å²) in [4.78, 5) is 14.0. The molecule has 17 heavy (non-hydrogen) atoms. The van der Waals surface area contributed by atoms with Crippen LogP contribution in [0.1, 0.15) is 0 Å². The number of hydrogen-bond acceptors (Lipinski definition) is 5. The monoisotopic (exact) mass is 238 g/mol. The van der Waals surface area contributed by atoms with Gasteiger partial charge in [-0.3, -0.25) is 0 Å². The molecule has 1 amide bonds. The van der Waals surface area contributed by atoms with Crippen molar-refractivity contribution in [1.29, 1.82) is 0 Å². The first kappa shape index (κ1) is 11.6. The summed E-state index contributed by atoms with van der Waals surface area (Å²) in [7, 11) is 0. The Hall–Kier alpha value is -1.89. The van der Waals surface area contributed by atoms with Gasteiger partial charge in [-0.1, -0.05) is 0 Å². The van der Waals surface area contributed by atoms with Crippen LogP contribution >= 0.6 is 0 Å². The first-order valence-electron chi connectivity index (χ1n) is 5.35. The first-order chi connectivity index (χ1) is 8.22. The van der Waals surface area contributed by atoms with E-state index in [1.165, 1.54) is 4.90 Å². The molecular formula is C10H14N4O3. The fraction of sp³-hybridized carbons (Fsp3) is 0.500. The fourth-order valence-corrected chi connectivity index (χ4v) is 1.93. The van der Waals surface area contributed by atoms with Gasteiger partial charge in [0.25, 0.3) is 0 Å². The van der Waals surface area contributed by atoms with Gasteiger partial charge < -0.3 is 20.0 Å². The van der Waals surface area contributed by atoms with Crippen molar-refractivity contribution in [2.45, 2.75) is 6.04 Å². The van der Waals surface area contributed by atoms with E-state index >= 15 is 0 Å². The van der Waals surface area contributed by atoms with Gasteiger partial charge in [-0.05, 0) is 12.1 Å². The average molecular weight is 238 g/mol. The standard InChI is InChI=1S/C10H14N4O3/c15-7-8-6-13(10(16)17)4-5-14(8)9-2-1-3-11-12-9/h1-3,8,15H,4-7H2,(H,16,17)/t8-/m0/s1. The summed E-state index contributed by atoms with van der Waals surface area (Å²) in [5.41, 5.74) is 0. The van der Waals surface area contributed by atoms with Gasteiger partial charge in [-0.15, -0.1) is 5.10 Å². The van der Waals surface area contributed by atoms with Gasteiger partial charge in [0, 0.05) is 25.8 Å². The summed E-state index contributed by atoms with van der Waals surface area (Å²) in [6.45, 7) is 1.08. The number of amides is 1. The third-order valence-electron chi connectivity index (χ3n) is 2.82. The van der Waals surface area contributed by atoms with Gasteiger partial charge in [0.1, 0.15) is 0 Å². The van der Waals surface area contributed by atoms with Crippen molar-refractivity contribution < 1.29 is 15.0 Å². The lowest BCUT2D eigenvalue weighted by molar-refractivity contribution is 0.124. The van der Waals surface area contributed by atoms with Crippen molar-refractivity contribution in [1.82, 2.24) is 15.1 Å². The van der Waals surface area contributed by atoms with E-state index in [0.717, 1.165) is 0 Å². The van der Waals surface area contributed by atoms with Crippen LogP contribution in [0.25, 0.3) is 0 Å². The van der Waals surface area contributed by atoms with Gasteiger partial charge in [0.05, 0.1) is 12.6 Å². The molecular weight excluding hydrogens is 224 g/mol. The molecule has 1 saturated heterocycles. The molecule has 0 unspecified atom stereocenters. The Morgan fingerprint density at radius 1 is 1.53 bits per heavy atom. The van der Waals surface area contributed by atoms with Crippen molar-refractivity contribution in [3.63, 3.8) is 0 Å². The van der Waals surface area contributed by atoms with E-state index in [4.69, 9.17) is 5.11 Å². The minimum Gasteiger partial charge on any atom is -0.465 e. The van der Waals surface area contributed by atoms with E-state index in [2.05, 4.69) is 10.2 Å². The Labute approximate surface area is 98.3 Å². The predicted octanol–water partition coefficient (Wildman–Crippen LogP) is -0.362. The third kappa shape index (κ3) is 2.44. The van der Waals surface area contributed by atoms with Gasteiger partial charge in [-0.25, -0.2) is 4.79 Å². The number of hydrogen-bond donors (Lipinski definition) is 2. The largest absolute Gasteiger partial charge is 0.465 e. The molecule has 92 valence electrons. The Morgan fingerprint density at radius 2 is 2.35 bits per heavy atom. The molecule has 1 aliphatic heterocycles. The SMILES string of the molecule is O=C(O)N1CCN(c2cccnn2)[C@H](CO)C1. The number of piperazine rings is 1. The summed E-state index contributed by atoms with van der Waals surface area (Å²) in [6.07, 6.45) is 0.618. The zero-order valence-corrected chi connectivity index (χ0v) is 9.23. The summed E-state index contributed by atoms with van der Waals surface area (Å²) >= 11 is 0. The average Bonchev–Trinajstić information content (AvgIpc) is 2.39. The van der Waals surface area contributed by atoms with Crippen LogP contribution in [0.3, 0.4) is 0 Å². The highest BCUT2D eigenvalue weighted by Gasteiger charge is 2.29. The quantitative estimate of drug-likeness (QED) is 0.731. The summed E-state index contributed by atoms with van der Waals surface area (Å²) in [6, 6.07) is 3.29. The fourth-order valence-electron chi connectivity index (χ4n) is 1.93. The minimum atomic E-state index is -0.956. The summed E-state index contributed by atoms with van der Waals surface area (Å²) < 4.78 is 0. The highest BCUT2D eigenvalue weighted by atomic mass is 16.4. The number of carboxylic acid groups (broad SMARTS) is 1. The van der Waals surface area contributed by atoms with Gasteiger partial charge in [0.15, 0.2) is 5.82 Å². The minimum absolute atomic E-state index is 0.111. The lowest BCUT2D eigenvalue weighted by Crippen LogP contribution is -2.56. The van der Waals surface area contributed by atoms with E-state index < -0.39 is 6.09 Å². The van der Waals surface area contributed by atoms with Crippen LogP contribution in [0.15, 0.2) is 18.3 Å². The van der Waals surface area contributed by atoms with Crippen LogP contribution in [0, 0.1) is 0 Å².